The van der Waals surface area contributed by atoms with Crippen molar-refractivity contribution >= 4 is 11.8 Å². The van der Waals surface area contributed by atoms with Gasteiger partial charge in [-0.1, -0.05) is 25.1 Å². The number of phenolic OH excluding ortho intramolecular Hbond substituents is 1. The lowest BCUT2D eigenvalue weighted by molar-refractivity contribution is 0.432. The number of thioether (sulfide) groups is 1. The normalized spacial score (nSPS) is 10.5. The van der Waals surface area contributed by atoms with E-state index < -0.39 is 5.82 Å². The van der Waals surface area contributed by atoms with Gasteiger partial charge in [0.25, 0.3) is 0 Å². The van der Waals surface area contributed by atoms with E-state index in [0.29, 0.717) is 0 Å². The molecular formula is C14H13FOS. The van der Waals surface area contributed by atoms with Crippen LogP contribution in [0, 0.1) is 5.82 Å². The predicted molar refractivity (Wildman–Crippen MR) is 69.9 cm³/mol. The van der Waals surface area contributed by atoms with Gasteiger partial charge in [-0.2, -0.15) is 0 Å². The van der Waals surface area contributed by atoms with Crippen LogP contribution in [0.1, 0.15) is 6.92 Å². The summed E-state index contributed by atoms with van der Waals surface area (Å²) in [4.78, 5) is 1.20. The van der Waals surface area contributed by atoms with Gasteiger partial charge < -0.3 is 5.11 Å². The fourth-order valence-corrected chi connectivity index (χ4v) is 2.26. The number of rotatable bonds is 3. The van der Waals surface area contributed by atoms with E-state index in [-0.39, 0.29) is 5.75 Å². The van der Waals surface area contributed by atoms with E-state index in [2.05, 4.69) is 6.92 Å². The van der Waals surface area contributed by atoms with Gasteiger partial charge in [0.1, 0.15) is 0 Å². The number of aromatic hydroxyl groups is 1. The maximum atomic E-state index is 13.2. The molecule has 0 atom stereocenters. The molecule has 0 aliphatic rings. The zero-order valence-electron chi connectivity index (χ0n) is 9.48. The molecule has 17 heavy (non-hydrogen) atoms. The monoisotopic (exact) mass is 248 g/mol. The summed E-state index contributed by atoms with van der Waals surface area (Å²) in [5, 5.41) is 9.13. The molecule has 0 aliphatic carbocycles. The van der Waals surface area contributed by atoms with Crippen LogP contribution in [-0.2, 0) is 0 Å². The smallest absolute Gasteiger partial charge is 0.165 e. The topological polar surface area (TPSA) is 20.2 Å². The Morgan fingerprint density at radius 1 is 1.06 bits per heavy atom. The zero-order valence-corrected chi connectivity index (χ0v) is 10.3. The number of phenols is 1. The third-order valence-electron chi connectivity index (χ3n) is 2.45. The van der Waals surface area contributed by atoms with Gasteiger partial charge in [-0.3, -0.25) is 0 Å². The Balaban J connectivity index is 2.30. The van der Waals surface area contributed by atoms with Gasteiger partial charge in [0.2, 0.25) is 0 Å². The van der Waals surface area contributed by atoms with Crippen LogP contribution in [0.5, 0.6) is 5.75 Å². The van der Waals surface area contributed by atoms with Crippen LogP contribution in [0.15, 0.2) is 47.4 Å². The molecule has 2 rings (SSSR count). The van der Waals surface area contributed by atoms with E-state index in [1.54, 1.807) is 17.8 Å². The average Bonchev–Trinajstić information content (AvgIpc) is 2.34. The minimum atomic E-state index is -0.588. The standard InChI is InChI=1S/C14H13FOS/c1-2-17-12-6-3-10(4-7-12)11-5-8-14(16)13(15)9-11/h3-9,16H,2H2,1H3. The summed E-state index contributed by atoms with van der Waals surface area (Å²) in [6, 6.07) is 12.4. The first-order valence-corrected chi connectivity index (χ1v) is 6.41. The summed E-state index contributed by atoms with van der Waals surface area (Å²) in [5.74, 6) is 0.133. The SMILES string of the molecule is CCSc1ccc(-c2ccc(O)c(F)c2)cc1. The van der Waals surface area contributed by atoms with Crippen LogP contribution in [0.3, 0.4) is 0 Å². The summed E-state index contributed by atoms with van der Waals surface area (Å²) < 4.78 is 13.2. The Labute approximate surface area is 104 Å². The van der Waals surface area contributed by atoms with E-state index in [9.17, 15) is 4.39 Å². The summed E-state index contributed by atoms with van der Waals surface area (Å²) in [5.41, 5.74) is 1.72. The Bertz CT molecular complexity index is 508. The van der Waals surface area contributed by atoms with E-state index in [1.165, 1.54) is 17.0 Å². The zero-order chi connectivity index (χ0) is 12.3. The minimum Gasteiger partial charge on any atom is -0.505 e. The van der Waals surface area contributed by atoms with Gasteiger partial charge in [-0.25, -0.2) is 4.39 Å². The molecule has 0 amide bonds. The maximum Gasteiger partial charge on any atom is 0.165 e. The lowest BCUT2D eigenvalue weighted by atomic mass is 10.1. The number of hydrogen-bond acceptors (Lipinski definition) is 2. The van der Waals surface area contributed by atoms with Crippen LogP contribution >= 0.6 is 11.8 Å². The highest BCUT2D eigenvalue weighted by Crippen LogP contribution is 2.27. The van der Waals surface area contributed by atoms with Crippen molar-refractivity contribution in [2.45, 2.75) is 11.8 Å². The van der Waals surface area contributed by atoms with Crippen molar-refractivity contribution in [3.05, 3.63) is 48.3 Å². The Kier molecular flexibility index (Phi) is 3.69. The highest BCUT2D eigenvalue weighted by molar-refractivity contribution is 7.99. The molecule has 88 valence electrons. The fraction of sp³-hybridized carbons (Fsp3) is 0.143. The van der Waals surface area contributed by atoms with Crippen molar-refractivity contribution in [1.29, 1.82) is 0 Å². The van der Waals surface area contributed by atoms with Gasteiger partial charge in [0, 0.05) is 4.90 Å². The molecule has 0 radical (unpaired) electrons. The second kappa shape index (κ2) is 5.23. The van der Waals surface area contributed by atoms with Crippen molar-refractivity contribution in [2.75, 3.05) is 5.75 Å². The molecular weight excluding hydrogens is 235 g/mol. The van der Waals surface area contributed by atoms with E-state index in [4.69, 9.17) is 5.11 Å². The summed E-state index contributed by atoms with van der Waals surface area (Å²) in [6.45, 7) is 2.11. The van der Waals surface area contributed by atoms with Crippen LogP contribution in [-0.4, -0.2) is 10.9 Å². The van der Waals surface area contributed by atoms with Gasteiger partial charge in [0.15, 0.2) is 11.6 Å². The van der Waals surface area contributed by atoms with Crippen molar-refractivity contribution < 1.29 is 9.50 Å². The maximum absolute atomic E-state index is 13.2. The predicted octanol–water partition coefficient (Wildman–Crippen LogP) is 4.31. The summed E-state index contributed by atoms with van der Waals surface area (Å²) in [7, 11) is 0. The molecule has 2 aromatic rings. The molecule has 0 bridgehead atoms. The van der Waals surface area contributed by atoms with Gasteiger partial charge in [-0.05, 0) is 41.1 Å². The molecule has 0 aliphatic heterocycles. The van der Waals surface area contributed by atoms with Crippen LogP contribution in [0.4, 0.5) is 4.39 Å². The molecule has 0 saturated heterocycles. The lowest BCUT2D eigenvalue weighted by Crippen LogP contribution is -1.81. The number of benzene rings is 2. The van der Waals surface area contributed by atoms with E-state index in [0.717, 1.165) is 16.9 Å². The second-order valence-corrected chi connectivity index (χ2v) is 4.96. The minimum absolute atomic E-state index is 0.313. The Hall–Kier alpha value is -1.48. The highest BCUT2D eigenvalue weighted by atomic mass is 32.2. The summed E-state index contributed by atoms with van der Waals surface area (Å²) in [6.07, 6.45) is 0. The lowest BCUT2D eigenvalue weighted by Gasteiger charge is -2.04. The molecule has 0 saturated carbocycles. The largest absolute Gasteiger partial charge is 0.505 e. The first kappa shape index (κ1) is 12.0. The molecule has 1 N–H and O–H groups in total. The third kappa shape index (κ3) is 2.80. The van der Waals surface area contributed by atoms with Gasteiger partial charge in [-0.15, -0.1) is 11.8 Å². The third-order valence-corrected chi connectivity index (χ3v) is 3.34. The molecule has 3 heteroatoms. The molecule has 0 unspecified atom stereocenters. The highest BCUT2D eigenvalue weighted by Gasteiger charge is 2.03. The molecule has 0 spiro atoms. The quantitative estimate of drug-likeness (QED) is 0.817. The fourth-order valence-electron chi connectivity index (χ4n) is 1.60. The Morgan fingerprint density at radius 2 is 1.71 bits per heavy atom. The van der Waals surface area contributed by atoms with E-state index in [1.807, 2.05) is 24.3 Å². The van der Waals surface area contributed by atoms with Crippen molar-refractivity contribution in [1.82, 2.24) is 0 Å². The summed E-state index contributed by atoms with van der Waals surface area (Å²) >= 11 is 1.77. The second-order valence-electron chi connectivity index (χ2n) is 3.62. The Morgan fingerprint density at radius 3 is 2.29 bits per heavy atom. The molecule has 2 aromatic carbocycles. The van der Waals surface area contributed by atoms with E-state index >= 15 is 0 Å². The number of hydrogen-bond donors (Lipinski definition) is 1. The molecule has 0 heterocycles. The van der Waals surface area contributed by atoms with Crippen LogP contribution in [0.25, 0.3) is 11.1 Å². The average molecular weight is 248 g/mol. The van der Waals surface area contributed by atoms with Gasteiger partial charge >= 0.3 is 0 Å². The van der Waals surface area contributed by atoms with Crippen molar-refractivity contribution in [3.63, 3.8) is 0 Å². The first-order chi connectivity index (χ1) is 8.20. The van der Waals surface area contributed by atoms with Gasteiger partial charge in [0.05, 0.1) is 0 Å². The van der Waals surface area contributed by atoms with Crippen LogP contribution < -0.4 is 0 Å². The molecule has 1 nitrogen and oxygen atoms in total. The first-order valence-electron chi connectivity index (χ1n) is 5.42. The number of halogens is 1. The molecule has 0 aromatic heterocycles. The van der Waals surface area contributed by atoms with Crippen LogP contribution in [0.2, 0.25) is 0 Å². The van der Waals surface area contributed by atoms with Crippen molar-refractivity contribution in [2.24, 2.45) is 0 Å². The molecule has 0 fully saturated rings. The van der Waals surface area contributed by atoms with Crippen molar-refractivity contribution in [3.8, 4) is 16.9 Å².